The largest absolute Gasteiger partial charge is 0.462 e. The van der Waals surface area contributed by atoms with E-state index in [1.807, 2.05) is 0 Å². The third-order valence-corrected chi connectivity index (χ3v) is 2.28. The van der Waals surface area contributed by atoms with Crippen LogP contribution >= 0.6 is 0 Å². The van der Waals surface area contributed by atoms with Crippen molar-refractivity contribution < 1.29 is 14.3 Å². The van der Waals surface area contributed by atoms with Gasteiger partial charge in [0.1, 0.15) is 16.9 Å². The quantitative estimate of drug-likeness (QED) is 0.653. The number of aromatic amines is 1. The van der Waals surface area contributed by atoms with Gasteiger partial charge in [-0.1, -0.05) is 0 Å². The minimum atomic E-state index is -0.758. The summed E-state index contributed by atoms with van der Waals surface area (Å²) in [5.74, 6) is -1.09. The predicted octanol–water partition coefficient (Wildman–Crippen LogP) is -0.0471. The first-order chi connectivity index (χ1) is 8.56. The highest BCUT2D eigenvalue weighted by Crippen LogP contribution is 2.08. The summed E-state index contributed by atoms with van der Waals surface area (Å²) in [5, 5.41) is 5.03. The van der Waals surface area contributed by atoms with Crippen LogP contribution in [0.4, 0.5) is 5.82 Å². The number of amides is 1. The molecule has 3 N–H and O–H groups in total. The van der Waals surface area contributed by atoms with Gasteiger partial charge >= 0.3 is 5.97 Å². The molecule has 0 aliphatic heterocycles. The Hall–Kier alpha value is -2.31. The van der Waals surface area contributed by atoms with E-state index in [0.717, 1.165) is 0 Å². The summed E-state index contributed by atoms with van der Waals surface area (Å²) in [6.07, 6.45) is 1.22. The molecule has 0 aliphatic carbocycles. The molecule has 7 heteroatoms. The fourth-order valence-corrected chi connectivity index (χ4v) is 1.43. The summed E-state index contributed by atoms with van der Waals surface area (Å²) in [6, 6.07) is 0. The molecule has 0 saturated heterocycles. The van der Waals surface area contributed by atoms with Crippen LogP contribution in [0.15, 0.2) is 11.0 Å². The topological polar surface area (TPSA) is 100 Å². The van der Waals surface area contributed by atoms with E-state index in [0.29, 0.717) is 0 Å². The molecule has 1 aromatic rings. The van der Waals surface area contributed by atoms with Gasteiger partial charge in [-0.05, 0) is 6.92 Å². The molecule has 0 unspecified atom stereocenters. The number of esters is 1. The molecule has 7 nitrogen and oxygen atoms in total. The van der Waals surface area contributed by atoms with Gasteiger partial charge in [0, 0.05) is 20.3 Å². The van der Waals surface area contributed by atoms with Crippen LogP contribution in [0.1, 0.15) is 27.6 Å². The number of anilines is 1. The van der Waals surface area contributed by atoms with Gasteiger partial charge in [0.05, 0.1) is 6.61 Å². The maximum Gasteiger partial charge on any atom is 0.343 e. The summed E-state index contributed by atoms with van der Waals surface area (Å²) in [5.41, 5.74) is -1.02. The van der Waals surface area contributed by atoms with Gasteiger partial charge in [-0.25, -0.2) is 4.79 Å². The van der Waals surface area contributed by atoms with Crippen molar-refractivity contribution in [1.29, 1.82) is 0 Å². The molecule has 0 aromatic carbocycles. The standard InChI is InChI=1S/C11H15N3O4/c1-4-18-11(17)6-5-14-9(12-2)7(8(6)15)10(16)13-3/h5H,4H2,1-3H3,(H,13,16)(H2,12,14,15). The van der Waals surface area contributed by atoms with E-state index >= 15 is 0 Å². The molecule has 0 spiro atoms. The minimum Gasteiger partial charge on any atom is -0.462 e. The molecule has 0 fully saturated rings. The number of ether oxygens (including phenoxy) is 1. The Bertz CT molecular complexity index is 522. The number of aromatic nitrogens is 1. The van der Waals surface area contributed by atoms with Crippen LogP contribution in [0, 0.1) is 0 Å². The third-order valence-electron chi connectivity index (χ3n) is 2.28. The Labute approximate surface area is 104 Å². The maximum atomic E-state index is 12.0. The number of hydrogen-bond donors (Lipinski definition) is 3. The first-order valence-electron chi connectivity index (χ1n) is 5.39. The van der Waals surface area contributed by atoms with Crippen LogP contribution < -0.4 is 16.1 Å². The van der Waals surface area contributed by atoms with Gasteiger partial charge in [-0.2, -0.15) is 0 Å². The van der Waals surface area contributed by atoms with Crippen LogP contribution in [-0.4, -0.2) is 37.6 Å². The molecule has 0 saturated carbocycles. The van der Waals surface area contributed by atoms with E-state index in [9.17, 15) is 14.4 Å². The van der Waals surface area contributed by atoms with E-state index in [-0.39, 0.29) is 23.6 Å². The van der Waals surface area contributed by atoms with Crippen molar-refractivity contribution in [3.63, 3.8) is 0 Å². The highest BCUT2D eigenvalue weighted by atomic mass is 16.5. The molecule has 98 valence electrons. The molecule has 18 heavy (non-hydrogen) atoms. The fraction of sp³-hybridized carbons (Fsp3) is 0.364. The van der Waals surface area contributed by atoms with Crippen molar-refractivity contribution in [2.75, 3.05) is 26.0 Å². The fourth-order valence-electron chi connectivity index (χ4n) is 1.43. The van der Waals surface area contributed by atoms with Crippen molar-refractivity contribution >= 4 is 17.7 Å². The van der Waals surface area contributed by atoms with Crippen LogP contribution in [-0.2, 0) is 4.74 Å². The lowest BCUT2D eigenvalue weighted by Gasteiger charge is -2.09. The van der Waals surface area contributed by atoms with Crippen molar-refractivity contribution in [2.45, 2.75) is 6.92 Å². The van der Waals surface area contributed by atoms with Crippen LogP contribution in [0.2, 0.25) is 0 Å². The molecule has 0 atom stereocenters. The lowest BCUT2D eigenvalue weighted by Crippen LogP contribution is -2.31. The highest BCUT2D eigenvalue weighted by Gasteiger charge is 2.21. The molecule has 0 bridgehead atoms. The van der Waals surface area contributed by atoms with Gasteiger partial charge in [0.25, 0.3) is 5.91 Å². The zero-order valence-corrected chi connectivity index (χ0v) is 10.4. The lowest BCUT2D eigenvalue weighted by atomic mass is 10.1. The van der Waals surface area contributed by atoms with Crippen LogP contribution in [0.3, 0.4) is 0 Å². The molecule has 1 heterocycles. The molecular formula is C11H15N3O4. The Balaban J connectivity index is 3.39. The zero-order chi connectivity index (χ0) is 13.7. The van der Waals surface area contributed by atoms with E-state index in [2.05, 4.69) is 15.6 Å². The summed E-state index contributed by atoms with van der Waals surface area (Å²) in [6.45, 7) is 1.79. The first kappa shape index (κ1) is 13.8. The van der Waals surface area contributed by atoms with Crippen molar-refractivity contribution in [3.8, 4) is 0 Å². The van der Waals surface area contributed by atoms with Crippen molar-refractivity contribution in [3.05, 3.63) is 27.5 Å². The van der Waals surface area contributed by atoms with Crippen LogP contribution in [0.25, 0.3) is 0 Å². The summed E-state index contributed by atoms with van der Waals surface area (Å²) < 4.78 is 4.74. The molecule has 0 aliphatic rings. The molecule has 0 radical (unpaired) electrons. The highest BCUT2D eigenvalue weighted by molar-refractivity contribution is 6.01. The maximum absolute atomic E-state index is 12.0. The number of carbonyl (C=O) groups is 2. The number of nitrogens with one attached hydrogen (secondary N) is 3. The first-order valence-corrected chi connectivity index (χ1v) is 5.39. The summed E-state index contributed by atoms with van der Waals surface area (Å²) >= 11 is 0. The molecule has 1 aromatic heterocycles. The number of hydrogen-bond acceptors (Lipinski definition) is 5. The monoisotopic (exact) mass is 253 g/mol. The molecule has 1 amide bonds. The van der Waals surface area contributed by atoms with Gasteiger partial charge < -0.3 is 20.4 Å². The average Bonchev–Trinajstić information content (AvgIpc) is 2.37. The third kappa shape index (κ3) is 2.50. The second kappa shape index (κ2) is 5.85. The van der Waals surface area contributed by atoms with Crippen molar-refractivity contribution in [2.24, 2.45) is 0 Å². The summed E-state index contributed by atoms with van der Waals surface area (Å²) in [7, 11) is 2.96. The Morgan fingerprint density at radius 2 is 2.06 bits per heavy atom. The predicted molar refractivity (Wildman–Crippen MR) is 66.0 cm³/mol. The van der Waals surface area contributed by atoms with E-state index < -0.39 is 17.3 Å². The second-order valence-electron chi connectivity index (χ2n) is 3.33. The van der Waals surface area contributed by atoms with Crippen LogP contribution in [0.5, 0.6) is 0 Å². The number of carbonyl (C=O) groups excluding carboxylic acids is 2. The minimum absolute atomic E-state index is 0.148. The Kier molecular flexibility index (Phi) is 4.47. The summed E-state index contributed by atoms with van der Waals surface area (Å²) in [4.78, 5) is 37.9. The SMILES string of the molecule is CCOC(=O)c1c[nH]c(NC)c(C(=O)NC)c1=O. The molecular weight excluding hydrogens is 238 g/mol. The number of pyridine rings is 1. The van der Waals surface area contributed by atoms with E-state index in [4.69, 9.17) is 4.74 Å². The van der Waals surface area contributed by atoms with Gasteiger partial charge in [-0.15, -0.1) is 0 Å². The normalized spacial score (nSPS) is 9.72. The van der Waals surface area contributed by atoms with E-state index in [1.54, 1.807) is 14.0 Å². The zero-order valence-electron chi connectivity index (χ0n) is 10.4. The number of H-pyrrole nitrogens is 1. The smallest absolute Gasteiger partial charge is 0.343 e. The molecule has 1 rings (SSSR count). The van der Waals surface area contributed by atoms with Gasteiger partial charge in [0.2, 0.25) is 5.43 Å². The Morgan fingerprint density at radius 3 is 2.56 bits per heavy atom. The number of rotatable bonds is 4. The van der Waals surface area contributed by atoms with Crippen molar-refractivity contribution in [1.82, 2.24) is 10.3 Å². The van der Waals surface area contributed by atoms with Gasteiger partial charge in [-0.3, -0.25) is 9.59 Å². The average molecular weight is 253 g/mol. The Morgan fingerprint density at radius 1 is 1.39 bits per heavy atom. The lowest BCUT2D eigenvalue weighted by molar-refractivity contribution is 0.0524. The van der Waals surface area contributed by atoms with E-state index in [1.165, 1.54) is 13.2 Å². The van der Waals surface area contributed by atoms with Gasteiger partial charge in [0.15, 0.2) is 0 Å². The second-order valence-corrected chi connectivity index (χ2v) is 3.33.